The van der Waals surface area contributed by atoms with E-state index in [4.69, 9.17) is 9.47 Å². The molecule has 1 unspecified atom stereocenters. The van der Waals surface area contributed by atoms with Gasteiger partial charge in [0.1, 0.15) is 6.61 Å². The molecule has 1 atom stereocenters. The normalized spacial score (nSPS) is 12.6. The molecule has 0 amide bonds. The summed E-state index contributed by atoms with van der Waals surface area (Å²) in [7, 11) is 0. The number of carbonyl (C=O) groups excluding carboxylic acids is 2. The highest BCUT2D eigenvalue weighted by Gasteiger charge is 2.36. The van der Waals surface area contributed by atoms with E-state index in [-0.39, 0.29) is 12.5 Å². The zero-order valence-electron chi connectivity index (χ0n) is 12.5. The quantitative estimate of drug-likeness (QED) is 0.604. The maximum absolute atomic E-state index is 12.0. The van der Waals surface area contributed by atoms with Gasteiger partial charge in [0, 0.05) is 0 Å². The minimum absolute atomic E-state index is 0.0940. The molecule has 0 heterocycles. The van der Waals surface area contributed by atoms with Crippen LogP contribution in [-0.2, 0) is 20.9 Å². The summed E-state index contributed by atoms with van der Waals surface area (Å²) in [5, 5.41) is 0. The van der Waals surface area contributed by atoms with E-state index in [2.05, 4.69) is 0 Å². The van der Waals surface area contributed by atoms with Crippen LogP contribution < -0.4 is 0 Å². The summed E-state index contributed by atoms with van der Waals surface area (Å²) in [6.45, 7) is 7.59. The number of carbonyl (C=O) groups is 2. The highest BCUT2D eigenvalue weighted by Crippen LogP contribution is 2.30. The Hall–Kier alpha value is -1.84. The van der Waals surface area contributed by atoms with E-state index in [1.54, 1.807) is 13.8 Å². The third-order valence-electron chi connectivity index (χ3n) is 3.75. The van der Waals surface area contributed by atoms with E-state index in [9.17, 15) is 9.59 Å². The highest BCUT2D eigenvalue weighted by atomic mass is 16.7. The molecular weight excluding hydrogens is 256 g/mol. The number of benzene rings is 1. The SMILES string of the molecule is CCC(C)C(C)(C)C(=O)OC(=O)OCc1ccccc1. The number of esters is 1. The topological polar surface area (TPSA) is 52.6 Å². The van der Waals surface area contributed by atoms with Gasteiger partial charge in [-0.15, -0.1) is 0 Å². The number of hydrogen-bond donors (Lipinski definition) is 0. The van der Waals surface area contributed by atoms with Crippen molar-refractivity contribution < 1.29 is 19.1 Å². The Bertz CT molecular complexity index is 451. The molecule has 0 radical (unpaired) electrons. The molecular formula is C16H22O4. The van der Waals surface area contributed by atoms with E-state index in [0.717, 1.165) is 12.0 Å². The van der Waals surface area contributed by atoms with Gasteiger partial charge in [-0.3, -0.25) is 4.79 Å². The van der Waals surface area contributed by atoms with Gasteiger partial charge in [-0.2, -0.15) is 0 Å². The highest BCUT2D eigenvalue weighted by molar-refractivity contribution is 5.85. The van der Waals surface area contributed by atoms with E-state index in [1.807, 2.05) is 44.2 Å². The second-order valence-electron chi connectivity index (χ2n) is 5.44. The average Bonchev–Trinajstić information content (AvgIpc) is 2.45. The summed E-state index contributed by atoms with van der Waals surface area (Å²) in [5.41, 5.74) is 0.138. The van der Waals surface area contributed by atoms with Crippen LogP contribution in [0.25, 0.3) is 0 Å². The van der Waals surface area contributed by atoms with Crippen molar-refractivity contribution in [1.82, 2.24) is 0 Å². The van der Waals surface area contributed by atoms with Crippen LogP contribution in [0, 0.1) is 11.3 Å². The Morgan fingerprint density at radius 3 is 2.35 bits per heavy atom. The summed E-state index contributed by atoms with van der Waals surface area (Å²) in [4.78, 5) is 23.5. The molecule has 4 heteroatoms. The van der Waals surface area contributed by atoms with Crippen LogP contribution in [0.15, 0.2) is 30.3 Å². The van der Waals surface area contributed by atoms with Crippen LogP contribution in [0.2, 0.25) is 0 Å². The van der Waals surface area contributed by atoms with Gasteiger partial charge in [-0.25, -0.2) is 4.79 Å². The van der Waals surface area contributed by atoms with E-state index in [1.165, 1.54) is 0 Å². The van der Waals surface area contributed by atoms with Crippen molar-refractivity contribution in [2.75, 3.05) is 0 Å². The molecule has 0 bridgehead atoms. The first-order valence-electron chi connectivity index (χ1n) is 6.80. The molecule has 110 valence electrons. The van der Waals surface area contributed by atoms with Gasteiger partial charge in [0.05, 0.1) is 5.41 Å². The molecule has 1 aromatic carbocycles. The van der Waals surface area contributed by atoms with Gasteiger partial charge >= 0.3 is 12.1 Å². The molecule has 20 heavy (non-hydrogen) atoms. The minimum Gasteiger partial charge on any atom is -0.429 e. The van der Waals surface area contributed by atoms with Crippen molar-refractivity contribution in [3.05, 3.63) is 35.9 Å². The predicted molar refractivity (Wildman–Crippen MR) is 76.0 cm³/mol. The van der Waals surface area contributed by atoms with Crippen molar-refractivity contribution >= 4 is 12.1 Å². The average molecular weight is 278 g/mol. The van der Waals surface area contributed by atoms with Crippen LogP contribution in [0.5, 0.6) is 0 Å². The molecule has 0 saturated heterocycles. The molecule has 0 fully saturated rings. The fourth-order valence-electron chi connectivity index (χ4n) is 1.66. The van der Waals surface area contributed by atoms with Gasteiger partial charge in [-0.05, 0) is 25.3 Å². The molecule has 4 nitrogen and oxygen atoms in total. The first-order chi connectivity index (χ1) is 9.37. The van der Waals surface area contributed by atoms with Crippen molar-refractivity contribution in [2.24, 2.45) is 11.3 Å². The molecule has 0 aliphatic rings. The molecule has 0 saturated carbocycles. The summed E-state index contributed by atoms with van der Waals surface area (Å²) in [6.07, 6.45) is -0.114. The minimum atomic E-state index is -0.949. The summed E-state index contributed by atoms with van der Waals surface area (Å²) in [6, 6.07) is 9.23. The Balaban J connectivity index is 2.48. The fourth-order valence-corrected chi connectivity index (χ4v) is 1.66. The zero-order valence-corrected chi connectivity index (χ0v) is 12.5. The standard InChI is InChI=1S/C16H22O4/c1-5-12(2)16(3,4)14(17)20-15(18)19-11-13-9-7-6-8-10-13/h6-10,12H,5,11H2,1-4H3. The maximum Gasteiger partial charge on any atom is 0.516 e. The smallest absolute Gasteiger partial charge is 0.429 e. The van der Waals surface area contributed by atoms with E-state index >= 15 is 0 Å². The lowest BCUT2D eigenvalue weighted by Crippen LogP contribution is -2.34. The van der Waals surface area contributed by atoms with Gasteiger partial charge in [-0.1, -0.05) is 50.6 Å². The summed E-state index contributed by atoms with van der Waals surface area (Å²) >= 11 is 0. The molecule has 1 aromatic rings. The Morgan fingerprint density at radius 2 is 1.80 bits per heavy atom. The fraction of sp³-hybridized carbons (Fsp3) is 0.500. The van der Waals surface area contributed by atoms with Gasteiger partial charge < -0.3 is 9.47 Å². The summed E-state index contributed by atoms with van der Waals surface area (Å²) in [5.74, 6) is -0.429. The first-order valence-corrected chi connectivity index (χ1v) is 6.80. The Morgan fingerprint density at radius 1 is 1.20 bits per heavy atom. The maximum atomic E-state index is 12.0. The number of ether oxygens (including phenoxy) is 2. The van der Waals surface area contributed by atoms with Crippen LogP contribution in [-0.4, -0.2) is 12.1 Å². The lowest BCUT2D eigenvalue weighted by atomic mass is 9.78. The molecule has 1 rings (SSSR count). The van der Waals surface area contributed by atoms with Crippen molar-refractivity contribution in [3.63, 3.8) is 0 Å². The van der Waals surface area contributed by atoms with E-state index < -0.39 is 17.5 Å². The van der Waals surface area contributed by atoms with Gasteiger partial charge in [0.25, 0.3) is 0 Å². The predicted octanol–water partition coefficient (Wildman–Crippen LogP) is 3.94. The van der Waals surface area contributed by atoms with Crippen LogP contribution in [0.1, 0.15) is 39.7 Å². The first kappa shape index (κ1) is 16.2. The largest absolute Gasteiger partial charge is 0.516 e. The molecule has 0 aliphatic carbocycles. The van der Waals surface area contributed by atoms with Crippen LogP contribution in [0.3, 0.4) is 0 Å². The van der Waals surface area contributed by atoms with Gasteiger partial charge in [0.2, 0.25) is 0 Å². The number of hydrogen-bond acceptors (Lipinski definition) is 4. The third kappa shape index (κ3) is 4.37. The lowest BCUT2D eigenvalue weighted by molar-refractivity contribution is -0.152. The van der Waals surface area contributed by atoms with Crippen molar-refractivity contribution in [1.29, 1.82) is 0 Å². The Labute approximate surface area is 120 Å². The second kappa shape index (κ2) is 7.08. The third-order valence-corrected chi connectivity index (χ3v) is 3.75. The van der Waals surface area contributed by atoms with Crippen LogP contribution >= 0.6 is 0 Å². The monoisotopic (exact) mass is 278 g/mol. The lowest BCUT2D eigenvalue weighted by Gasteiger charge is -2.27. The van der Waals surface area contributed by atoms with Crippen molar-refractivity contribution in [3.8, 4) is 0 Å². The Kier molecular flexibility index (Phi) is 5.74. The van der Waals surface area contributed by atoms with Gasteiger partial charge in [0.15, 0.2) is 0 Å². The zero-order chi connectivity index (χ0) is 15.2. The molecule has 0 aliphatic heterocycles. The summed E-state index contributed by atoms with van der Waals surface area (Å²) < 4.78 is 9.69. The van der Waals surface area contributed by atoms with E-state index in [0.29, 0.717) is 0 Å². The number of rotatable bonds is 5. The molecule has 0 spiro atoms. The van der Waals surface area contributed by atoms with Crippen molar-refractivity contribution in [2.45, 2.75) is 40.7 Å². The second-order valence-corrected chi connectivity index (χ2v) is 5.44. The molecule has 0 N–H and O–H groups in total. The molecule has 0 aromatic heterocycles. The van der Waals surface area contributed by atoms with Crippen LogP contribution in [0.4, 0.5) is 4.79 Å².